The average Bonchev–Trinajstić information content (AvgIpc) is 3.62. The SMILES string of the molecule is O=C(NC[C@@H](C(=O)Nc1ccc(N2CCOCC2=O)c(C(F)(F)F)c1)N(CC(F)F)C1CC1)c1ccc(Cl)s1. The van der Waals surface area contributed by atoms with Crippen LogP contribution in [0.5, 0.6) is 0 Å². The van der Waals surface area contributed by atoms with Gasteiger partial charge in [-0.25, -0.2) is 8.78 Å². The summed E-state index contributed by atoms with van der Waals surface area (Å²) in [5.41, 5.74) is -1.78. The number of nitrogens with one attached hydrogen (secondary N) is 2. The van der Waals surface area contributed by atoms with Crippen LogP contribution in [0.4, 0.5) is 33.3 Å². The number of amides is 3. The molecule has 0 spiro atoms. The molecule has 39 heavy (non-hydrogen) atoms. The van der Waals surface area contributed by atoms with E-state index >= 15 is 0 Å². The van der Waals surface area contributed by atoms with Crippen LogP contribution in [0.1, 0.15) is 28.1 Å². The van der Waals surface area contributed by atoms with Crippen LogP contribution in [-0.2, 0) is 20.5 Å². The molecule has 2 heterocycles. The molecular weight excluding hydrogens is 571 g/mol. The highest BCUT2D eigenvalue weighted by Crippen LogP contribution is 2.39. The Labute approximate surface area is 229 Å². The Hall–Kier alpha value is -2.81. The van der Waals surface area contributed by atoms with E-state index in [1.54, 1.807) is 0 Å². The topological polar surface area (TPSA) is 91.0 Å². The van der Waals surface area contributed by atoms with Crippen molar-refractivity contribution in [3.63, 3.8) is 0 Å². The third-order valence-corrected chi connectivity index (χ3v) is 7.40. The van der Waals surface area contributed by atoms with Crippen LogP contribution in [0.3, 0.4) is 0 Å². The number of hydrogen-bond acceptors (Lipinski definition) is 6. The molecule has 1 aromatic carbocycles. The number of hydrogen-bond donors (Lipinski definition) is 2. The number of thiophene rings is 1. The van der Waals surface area contributed by atoms with Gasteiger partial charge in [0.25, 0.3) is 18.2 Å². The molecule has 1 saturated carbocycles. The second-order valence-electron chi connectivity index (χ2n) is 8.97. The molecule has 3 amide bonds. The Bertz CT molecular complexity index is 1220. The van der Waals surface area contributed by atoms with Gasteiger partial charge < -0.3 is 20.3 Å². The molecule has 0 radical (unpaired) electrons. The predicted molar refractivity (Wildman–Crippen MR) is 134 cm³/mol. The summed E-state index contributed by atoms with van der Waals surface area (Å²) >= 11 is 6.84. The van der Waals surface area contributed by atoms with E-state index in [4.69, 9.17) is 16.3 Å². The molecule has 15 heteroatoms. The van der Waals surface area contributed by atoms with Crippen LogP contribution in [0.2, 0.25) is 4.34 Å². The second kappa shape index (κ2) is 12.1. The zero-order chi connectivity index (χ0) is 28.3. The van der Waals surface area contributed by atoms with Crippen molar-refractivity contribution in [2.75, 3.05) is 43.1 Å². The van der Waals surface area contributed by atoms with Crippen molar-refractivity contribution >= 4 is 52.0 Å². The van der Waals surface area contributed by atoms with E-state index in [1.165, 1.54) is 23.1 Å². The van der Waals surface area contributed by atoms with Crippen LogP contribution in [-0.4, -0.2) is 74.0 Å². The lowest BCUT2D eigenvalue weighted by Crippen LogP contribution is -2.53. The number of halogens is 6. The van der Waals surface area contributed by atoms with E-state index in [9.17, 15) is 36.3 Å². The van der Waals surface area contributed by atoms with E-state index in [-0.39, 0.29) is 48.6 Å². The predicted octanol–water partition coefficient (Wildman–Crippen LogP) is 4.25. The molecule has 2 aromatic rings. The fourth-order valence-corrected chi connectivity index (χ4v) is 5.20. The first-order chi connectivity index (χ1) is 18.4. The number of nitrogens with zero attached hydrogens (tertiary/aromatic N) is 2. The lowest BCUT2D eigenvalue weighted by atomic mass is 10.1. The molecule has 0 unspecified atom stereocenters. The third-order valence-electron chi connectivity index (χ3n) is 6.17. The molecule has 1 saturated heterocycles. The monoisotopic (exact) mass is 594 g/mol. The number of alkyl halides is 5. The van der Waals surface area contributed by atoms with Crippen LogP contribution in [0, 0.1) is 0 Å². The minimum atomic E-state index is -4.86. The Kier molecular flexibility index (Phi) is 9.09. The lowest BCUT2D eigenvalue weighted by Gasteiger charge is -2.31. The van der Waals surface area contributed by atoms with Crippen LogP contribution < -0.4 is 15.5 Å². The van der Waals surface area contributed by atoms with Gasteiger partial charge in [-0.1, -0.05) is 11.6 Å². The summed E-state index contributed by atoms with van der Waals surface area (Å²) in [6, 6.07) is 4.30. The zero-order valence-electron chi connectivity index (χ0n) is 20.3. The lowest BCUT2D eigenvalue weighted by molar-refractivity contribution is -0.137. The Balaban J connectivity index is 1.57. The van der Waals surface area contributed by atoms with Crippen molar-refractivity contribution < 1.29 is 41.1 Å². The van der Waals surface area contributed by atoms with Crippen molar-refractivity contribution in [1.82, 2.24) is 10.2 Å². The van der Waals surface area contributed by atoms with Gasteiger partial charge in [-0.15, -0.1) is 11.3 Å². The number of morpholine rings is 1. The Morgan fingerprint density at radius 2 is 1.95 bits per heavy atom. The summed E-state index contributed by atoms with van der Waals surface area (Å²) in [6.45, 7) is -1.49. The number of carbonyl (C=O) groups excluding carboxylic acids is 3. The van der Waals surface area contributed by atoms with Gasteiger partial charge in [0, 0.05) is 24.8 Å². The molecule has 0 bridgehead atoms. The molecule has 2 N–H and O–H groups in total. The standard InChI is InChI=1S/C24H24ClF5N4O4S/c25-19-6-5-18(39-19)23(37)31-10-17(34(11-20(26)27)14-2-3-14)22(36)32-13-1-4-16(15(9-13)24(28,29)30)33-7-8-38-12-21(33)35/h1,4-6,9,14,17,20H,2-3,7-8,10-12H2,(H,31,37)(H,32,36)/t17-/m0/s1. The van der Waals surface area contributed by atoms with Gasteiger partial charge >= 0.3 is 6.18 Å². The summed E-state index contributed by atoms with van der Waals surface area (Å²) in [7, 11) is 0. The maximum absolute atomic E-state index is 13.9. The summed E-state index contributed by atoms with van der Waals surface area (Å²) < 4.78 is 73.9. The fraction of sp³-hybridized carbons (Fsp3) is 0.458. The molecule has 212 valence electrons. The first-order valence-corrected chi connectivity index (χ1v) is 13.1. The van der Waals surface area contributed by atoms with Crippen LogP contribution >= 0.6 is 22.9 Å². The highest BCUT2D eigenvalue weighted by atomic mass is 35.5. The van der Waals surface area contributed by atoms with Crippen molar-refractivity contribution in [3.8, 4) is 0 Å². The highest BCUT2D eigenvalue weighted by Gasteiger charge is 2.40. The largest absolute Gasteiger partial charge is 0.418 e. The number of ether oxygens (including phenoxy) is 1. The van der Waals surface area contributed by atoms with Gasteiger partial charge in [0.05, 0.1) is 33.6 Å². The smallest absolute Gasteiger partial charge is 0.370 e. The van der Waals surface area contributed by atoms with Gasteiger partial charge in [-0.2, -0.15) is 13.2 Å². The van der Waals surface area contributed by atoms with E-state index < -0.39 is 48.5 Å². The molecule has 2 fully saturated rings. The molecular formula is C24H24ClF5N4O4S. The molecule has 1 atom stereocenters. The number of rotatable bonds is 10. The zero-order valence-corrected chi connectivity index (χ0v) is 21.8. The van der Waals surface area contributed by atoms with Gasteiger partial charge in [-0.05, 0) is 43.2 Å². The quantitative estimate of drug-likeness (QED) is 0.402. The van der Waals surface area contributed by atoms with Gasteiger partial charge in [-0.3, -0.25) is 19.3 Å². The second-order valence-corrected chi connectivity index (χ2v) is 10.7. The Morgan fingerprint density at radius 1 is 1.21 bits per heavy atom. The van der Waals surface area contributed by atoms with Crippen LogP contribution in [0.25, 0.3) is 0 Å². The van der Waals surface area contributed by atoms with Crippen molar-refractivity contribution in [1.29, 1.82) is 0 Å². The van der Waals surface area contributed by atoms with Crippen molar-refractivity contribution in [2.45, 2.75) is 37.5 Å². The average molecular weight is 595 g/mol. The fourth-order valence-electron chi connectivity index (χ4n) is 4.24. The number of anilines is 2. The highest BCUT2D eigenvalue weighted by molar-refractivity contribution is 7.18. The molecule has 1 aliphatic carbocycles. The normalized spacial score (nSPS) is 17.0. The minimum Gasteiger partial charge on any atom is -0.370 e. The molecule has 1 aliphatic heterocycles. The van der Waals surface area contributed by atoms with E-state index in [0.717, 1.165) is 22.3 Å². The molecule has 1 aromatic heterocycles. The van der Waals surface area contributed by atoms with Crippen molar-refractivity contribution in [3.05, 3.63) is 45.1 Å². The Morgan fingerprint density at radius 3 is 2.54 bits per heavy atom. The summed E-state index contributed by atoms with van der Waals surface area (Å²) in [5, 5.41) is 4.91. The maximum Gasteiger partial charge on any atom is 0.418 e. The molecule has 8 nitrogen and oxygen atoms in total. The maximum atomic E-state index is 13.9. The minimum absolute atomic E-state index is 0.0632. The first kappa shape index (κ1) is 29.2. The number of benzene rings is 1. The van der Waals surface area contributed by atoms with Crippen LogP contribution in [0.15, 0.2) is 30.3 Å². The summed E-state index contributed by atoms with van der Waals surface area (Å²) in [4.78, 5) is 40.4. The van der Waals surface area contributed by atoms with Gasteiger partial charge in [0.1, 0.15) is 12.6 Å². The van der Waals surface area contributed by atoms with Gasteiger partial charge in [0.2, 0.25) is 5.91 Å². The third kappa shape index (κ3) is 7.44. The van der Waals surface area contributed by atoms with Crippen molar-refractivity contribution in [2.24, 2.45) is 0 Å². The summed E-state index contributed by atoms with van der Waals surface area (Å²) in [5.74, 6) is -2.08. The van der Waals surface area contributed by atoms with Gasteiger partial charge in [0.15, 0.2) is 0 Å². The molecule has 2 aliphatic rings. The summed E-state index contributed by atoms with van der Waals surface area (Å²) in [6.07, 6.45) is -6.52. The van der Waals surface area contributed by atoms with E-state index in [1.807, 2.05) is 0 Å². The first-order valence-electron chi connectivity index (χ1n) is 11.9. The number of carbonyl (C=O) groups is 3. The molecule has 4 rings (SSSR count). The van der Waals surface area contributed by atoms with E-state index in [0.29, 0.717) is 23.2 Å². The van der Waals surface area contributed by atoms with E-state index in [2.05, 4.69) is 10.6 Å².